The molecule has 1 rings (SSSR count). The van der Waals surface area contributed by atoms with Crippen LogP contribution in [-0.4, -0.2) is 29.9 Å². The number of aliphatic hydroxyl groups is 1. The van der Waals surface area contributed by atoms with Gasteiger partial charge >= 0.3 is 0 Å². The Morgan fingerprint density at radius 1 is 1.33 bits per heavy atom. The van der Waals surface area contributed by atoms with Crippen LogP contribution in [-0.2, 0) is 4.79 Å². The number of hydrogen-bond donors (Lipinski definition) is 2. The van der Waals surface area contributed by atoms with Crippen LogP contribution in [0.1, 0.15) is 39.4 Å². The second kappa shape index (κ2) is 7.28. The smallest absolute Gasteiger partial charge is 0.220 e. The summed E-state index contributed by atoms with van der Waals surface area (Å²) in [7, 11) is 0. The molecule has 0 aliphatic heterocycles. The van der Waals surface area contributed by atoms with Gasteiger partial charge in [-0.1, -0.05) is 0 Å². The quantitative estimate of drug-likeness (QED) is 0.586. The van der Waals surface area contributed by atoms with Crippen molar-refractivity contribution >= 4 is 23.0 Å². The largest absolute Gasteiger partial charge is 0.396 e. The molecule has 18 heavy (non-hydrogen) atoms. The second-order valence-corrected chi connectivity index (χ2v) is 5.64. The second-order valence-electron chi connectivity index (χ2n) is 4.18. The van der Waals surface area contributed by atoms with Crippen LogP contribution < -0.4 is 5.32 Å². The van der Waals surface area contributed by atoms with E-state index in [9.17, 15) is 9.59 Å². The van der Waals surface area contributed by atoms with E-state index in [-0.39, 0.29) is 31.1 Å². The van der Waals surface area contributed by atoms with Crippen molar-refractivity contribution in [2.24, 2.45) is 0 Å². The summed E-state index contributed by atoms with van der Waals surface area (Å²) in [6.07, 6.45) is 0.989. The highest BCUT2D eigenvalue weighted by atomic mass is 32.1. The highest BCUT2D eigenvalue weighted by Gasteiger charge is 2.13. The van der Waals surface area contributed by atoms with Crippen LogP contribution in [0, 0.1) is 13.8 Å². The molecule has 1 aromatic rings. The molecule has 0 fully saturated rings. The summed E-state index contributed by atoms with van der Waals surface area (Å²) in [5.74, 6) is -0.115. The monoisotopic (exact) mass is 269 g/mol. The third-order valence-corrected chi connectivity index (χ3v) is 3.54. The number of carbonyl (C=O) groups excluding carboxylic acids is 2. The zero-order chi connectivity index (χ0) is 13.5. The molecule has 0 spiro atoms. The molecule has 0 aromatic carbocycles. The molecule has 0 atom stereocenters. The first kappa shape index (κ1) is 14.9. The SMILES string of the molecule is Cc1cc(C(=O)CCC(=O)NCCCO)c(C)s1. The minimum Gasteiger partial charge on any atom is -0.396 e. The van der Waals surface area contributed by atoms with Gasteiger partial charge in [0.25, 0.3) is 0 Å². The van der Waals surface area contributed by atoms with Crippen LogP contribution in [0.2, 0.25) is 0 Å². The number of hydrogen-bond acceptors (Lipinski definition) is 4. The first-order valence-electron chi connectivity index (χ1n) is 6.02. The van der Waals surface area contributed by atoms with Crippen LogP contribution in [0.15, 0.2) is 6.07 Å². The van der Waals surface area contributed by atoms with E-state index in [1.165, 1.54) is 0 Å². The Bertz CT molecular complexity index is 426. The number of ketones is 1. The van der Waals surface area contributed by atoms with E-state index >= 15 is 0 Å². The van der Waals surface area contributed by atoms with E-state index in [0.29, 0.717) is 13.0 Å². The van der Waals surface area contributed by atoms with Crippen molar-refractivity contribution in [1.29, 1.82) is 0 Å². The van der Waals surface area contributed by atoms with Gasteiger partial charge in [0.1, 0.15) is 0 Å². The molecular weight excluding hydrogens is 250 g/mol. The number of carbonyl (C=O) groups is 2. The van der Waals surface area contributed by atoms with Gasteiger partial charge in [-0.05, 0) is 26.3 Å². The van der Waals surface area contributed by atoms with Crippen molar-refractivity contribution in [2.75, 3.05) is 13.2 Å². The van der Waals surface area contributed by atoms with E-state index < -0.39 is 0 Å². The van der Waals surface area contributed by atoms with Gasteiger partial charge in [-0.25, -0.2) is 0 Å². The Balaban J connectivity index is 2.37. The van der Waals surface area contributed by atoms with E-state index in [0.717, 1.165) is 15.3 Å². The van der Waals surface area contributed by atoms with Gasteiger partial charge in [0, 0.05) is 41.3 Å². The van der Waals surface area contributed by atoms with Gasteiger partial charge < -0.3 is 10.4 Å². The number of amides is 1. The number of nitrogens with one attached hydrogen (secondary N) is 1. The Kier molecular flexibility index (Phi) is 6.01. The predicted molar refractivity (Wildman–Crippen MR) is 72.1 cm³/mol. The zero-order valence-corrected chi connectivity index (χ0v) is 11.6. The van der Waals surface area contributed by atoms with Crippen molar-refractivity contribution in [3.05, 3.63) is 21.4 Å². The third-order valence-electron chi connectivity index (χ3n) is 2.58. The third kappa shape index (κ3) is 4.58. The molecule has 1 amide bonds. The van der Waals surface area contributed by atoms with Gasteiger partial charge in [0.05, 0.1) is 0 Å². The molecule has 0 saturated carbocycles. The summed E-state index contributed by atoms with van der Waals surface area (Å²) in [6.45, 7) is 4.41. The van der Waals surface area contributed by atoms with Crippen LogP contribution in [0.4, 0.5) is 0 Å². The fourth-order valence-corrected chi connectivity index (χ4v) is 2.61. The molecule has 4 nitrogen and oxygen atoms in total. The number of thiophene rings is 1. The molecule has 100 valence electrons. The number of aliphatic hydroxyl groups excluding tert-OH is 1. The zero-order valence-electron chi connectivity index (χ0n) is 10.8. The van der Waals surface area contributed by atoms with Crippen LogP contribution in [0.5, 0.6) is 0 Å². The lowest BCUT2D eigenvalue weighted by Gasteiger charge is -2.03. The predicted octanol–water partition coefficient (Wildman–Crippen LogP) is 1.83. The minimum absolute atomic E-state index is 0.0224. The lowest BCUT2D eigenvalue weighted by molar-refractivity contribution is -0.121. The standard InChI is InChI=1S/C13H19NO3S/c1-9-8-11(10(2)18-9)12(16)4-5-13(17)14-6-3-7-15/h8,15H,3-7H2,1-2H3,(H,14,17). The average Bonchev–Trinajstić information content (AvgIpc) is 2.66. The van der Waals surface area contributed by atoms with Crippen molar-refractivity contribution in [1.82, 2.24) is 5.32 Å². The average molecular weight is 269 g/mol. The lowest BCUT2D eigenvalue weighted by atomic mass is 10.1. The maximum absolute atomic E-state index is 11.9. The maximum atomic E-state index is 11.9. The Labute approximate surface area is 111 Å². The molecule has 0 aliphatic carbocycles. The fraction of sp³-hybridized carbons (Fsp3) is 0.538. The van der Waals surface area contributed by atoms with Crippen molar-refractivity contribution in [3.8, 4) is 0 Å². The molecule has 0 bridgehead atoms. The molecule has 2 N–H and O–H groups in total. The first-order valence-corrected chi connectivity index (χ1v) is 6.84. The first-order chi connectivity index (χ1) is 8.54. The van der Waals surface area contributed by atoms with E-state index in [4.69, 9.17) is 5.11 Å². The minimum atomic E-state index is -0.138. The Hall–Kier alpha value is -1.20. The number of aryl methyl sites for hydroxylation is 2. The molecule has 5 heteroatoms. The van der Waals surface area contributed by atoms with Gasteiger partial charge in [-0.2, -0.15) is 0 Å². The molecule has 0 radical (unpaired) electrons. The molecule has 0 unspecified atom stereocenters. The van der Waals surface area contributed by atoms with Crippen molar-refractivity contribution in [2.45, 2.75) is 33.1 Å². The summed E-state index contributed by atoms with van der Waals surface area (Å²) in [5, 5.41) is 11.2. The highest BCUT2D eigenvalue weighted by molar-refractivity contribution is 7.12. The molecule has 1 heterocycles. The number of Topliss-reactive ketones (excluding diaryl/α,β-unsaturated/α-hetero) is 1. The van der Waals surface area contributed by atoms with Crippen LogP contribution in [0.3, 0.4) is 0 Å². The molecule has 1 aromatic heterocycles. The van der Waals surface area contributed by atoms with Crippen molar-refractivity contribution < 1.29 is 14.7 Å². The maximum Gasteiger partial charge on any atom is 0.220 e. The van der Waals surface area contributed by atoms with E-state index in [1.807, 2.05) is 19.9 Å². The summed E-state index contributed by atoms with van der Waals surface area (Å²) in [6, 6.07) is 1.88. The number of rotatable bonds is 7. The highest BCUT2D eigenvalue weighted by Crippen LogP contribution is 2.22. The molecule has 0 aliphatic rings. The van der Waals surface area contributed by atoms with Crippen LogP contribution >= 0.6 is 11.3 Å². The fourth-order valence-electron chi connectivity index (χ4n) is 1.66. The van der Waals surface area contributed by atoms with Gasteiger partial charge in [-0.15, -0.1) is 11.3 Å². The summed E-state index contributed by atoms with van der Waals surface area (Å²) in [5.41, 5.74) is 0.737. The molecular formula is C13H19NO3S. The summed E-state index contributed by atoms with van der Waals surface area (Å²) >= 11 is 1.60. The Morgan fingerprint density at radius 2 is 2.06 bits per heavy atom. The van der Waals surface area contributed by atoms with E-state index in [2.05, 4.69) is 5.32 Å². The van der Waals surface area contributed by atoms with Gasteiger partial charge in [0.15, 0.2) is 5.78 Å². The van der Waals surface area contributed by atoms with Crippen LogP contribution in [0.25, 0.3) is 0 Å². The van der Waals surface area contributed by atoms with E-state index in [1.54, 1.807) is 11.3 Å². The van der Waals surface area contributed by atoms with Crippen molar-refractivity contribution in [3.63, 3.8) is 0 Å². The topological polar surface area (TPSA) is 66.4 Å². The molecule has 0 saturated heterocycles. The summed E-state index contributed by atoms with van der Waals surface area (Å²) < 4.78 is 0. The Morgan fingerprint density at radius 3 is 2.61 bits per heavy atom. The normalized spacial score (nSPS) is 10.4. The summed E-state index contributed by atoms with van der Waals surface area (Å²) in [4.78, 5) is 25.4. The lowest BCUT2D eigenvalue weighted by Crippen LogP contribution is -2.25. The van der Waals surface area contributed by atoms with Gasteiger partial charge in [-0.3, -0.25) is 9.59 Å². The van der Waals surface area contributed by atoms with Gasteiger partial charge in [0.2, 0.25) is 5.91 Å².